The van der Waals surface area contributed by atoms with E-state index in [4.69, 9.17) is 0 Å². The molecule has 0 saturated carbocycles. The lowest BCUT2D eigenvalue weighted by Crippen LogP contribution is -2.16. The highest BCUT2D eigenvalue weighted by Gasteiger charge is 2.36. The molecular formula is C66H52S. The van der Waals surface area contributed by atoms with Crippen LogP contribution in [0.5, 0.6) is 0 Å². The second kappa shape index (κ2) is 17.2. The molecule has 0 bridgehead atoms. The van der Waals surface area contributed by atoms with Gasteiger partial charge in [0, 0.05) is 20.9 Å². The quantitative estimate of drug-likeness (QED) is 0.128. The van der Waals surface area contributed by atoms with Crippen LogP contribution in [0.3, 0.4) is 0 Å². The topological polar surface area (TPSA) is 0 Å². The second-order valence-corrected chi connectivity index (χ2v) is 20.1. The van der Waals surface area contributed by atoms with Gasteiger partial charge in [-0.2, -0.15) is 0 Å². The summed E-state index contributed by atoms with van der Waals surface area (Å²) in [5.41, 5.74) is 23.8. The minimum Gasteiger partial charge on any atom is -0.135 e. The smallest absolute Gasteiger partial charge is 0.0390 e. The van der Waals surface area contributed by atoms with E-state index in [1.807, 2.05) is 11.3 Å². The Morgan fingerprint density at radius 1 is 0.448 bits per heavy atom. The molecule has 0 radical (unpaired) electrons. The van der Waals surface area contributed by atoms with Crippen molar-refractivity contribution in [3.8, 4) is 55.6 Å². The summed E-state index contributed by atoms with van der Waals surface area (Å²) < 4.78 is 1.39. The van der Waals surface area contributed by atoms with E-state index in [0.29, 0.717) is 0 Å². The number of fused-ring (bicyclic) bond motifs is 6. The number of hydrogen-bond donors (Lipinski definition) is 0. The van der Waals surface area contributed by atoms with Crippen LogP contribution in [0, 0.1) is 0 Å². The zero-order valence-corrected chi connectivity index (χ0v) is 39.0. The van der Waals surface area contributed by atoms with E-state index in [2.05, 4.69) is 238 Å². The van der Waals surface area contributed by atoms with Crippen LogP contribution in [0.4, 0.5) is 0 Å². The van der Waals surface area contributed by atoms with E-state index in [0.717, 1.165) is 25.7 Å². The first-order chi connectivity index (χ1) is 32.9. The van der Waals surface area contributed by atoms with E-state index in [9.17, 15) is 0 Å². The number of thiophene rings is 1. The molecule has 1 atom stereocenters. The van der Waals surface area contributed by atoms with Crippen LogP contribution in [0.25, 0.3) is 71.3 Å². The molecule has 2 aliphatic carbocycles. The molecule has 67 heavy (non-hydrogen) atoms. The van der Waals surface area contributed by atoms with Gasteiger partial charge >= 0.3 is 0 Å². The molecule has 322 valence electrons. The minimum absolute atomic E-state index is 0.116. The molecular weight excluding hydrogens is 825 g/mol. The molecule has 1 unspecified atom stereocenters. The van der Waals surface area contributed by atoms with Crippen molar-refractivity contribution in [3.63, 3.8) is 0 Å². The molecule has 0 fully saturated rings. The average Bonchev–Trinajstić information content (AvgIpc) is 3.89. The highest BCUT2D eigenvalue weighted by atomic mass is 32.1. The third kappa shape index (κ3) is 7.68. The van der Waals surface area contributed by atoms with Gasteiger partial charge in [0.05, 0.1) is 0 Å². The van der Waals surface area contributed by atoms with Crippen LogP contribution in [-0.4, -0.2) is 0 Å². The van der Waals surface area contributed by atoms with Gasteiger partial charge in [-0.3, -0.25) is 0 Å². The monoisotopic (exact) mass is 876 g/mol. The summed E-state index contributed by atoms with van der Waals surface area (Å²) in [6.45, 7) is 4.82. The minimum atomic E-state index is -0.116. The van der Waals surface area contributed by atoms with Crippen LogP contribution < -0.4 is 0 Å². The van der Waals surface area contributed by atoms with E-state index in [1.165, 1.54) is 115 Å². The van der Waals surface area contributed by atoms with Gasteiger partial charge in [0.1, 0.15) is 0 Å². The highest BCUT2D eigenvalue weighted by molar-refractivity contribution is 7.20. The molecule has 0 spiro atoms. The van der Waals surface area contributed by atoms with Crippen molar-refractivity contribution in [1.29, 1.82) is 0 Å². The van der Waals surface area contributed by atoms with Gasteiger partial charge in [0.15, 0.2) is 0 Å². The Morgan fingerprint density at radius 3 is 1.57 bits per heavy atom. The molecule has 1 heteroatoms. The molecule has 1 aromatic heterocycles. The van der Waals surface area contributed by atoms with Crippen LogP contribution in [0.2, 0.25) is 0 Å². The maximum absolute atomic E-state index is 2.54. The molecule has 0 amide bonds. The zero-order valence-electron chi connectivity index (χ0n) is 38.2. The Labute approximate surface area is 399 Å². The van der Waals surface area contributed by atoms with Gasteiger partial charge in [-0.25, -0.2) is 0 Å². The van der Waals surface area contributed by atoms with Gasteiger partial charge in [0.25, 0.3) is 0 Å². The standard InChI is InChI=1S/C66H52S/c1-66(2)62-42-54(46-14-7-4-8-15-46)37-40-58(62)59-41-38-55(43-63(59)66)56(52-33-29-51(30-34-52)49-27-25-48(26-28-49)45-12-5-3-6-13-45)39-22-44-20-23-47(24-21-44)50-31-35-53(36-32-50)57-17-11-18-61-60-16-9-10-19-64(60)67-65(57)61/h3-10,12-17,19-21,23-38,40-43,56H,11,18,22,39H2,1-2H3. The number of hydrogen-bond acceptors (Lipinski definition) is 1. The van der Waals surface area contributed by atoms with Crippen molar-refractivity contribution >= 4 is 27.0 Å². The third-order valence-corrected chi connectivity index (χ3v) is 16.0. The van der Waals surface area contributed by atoms with Crippen molar-refractivity contribution in [1.82, 2.24) is 0 Å². The summed E-state index contributed by atoms with van der Waals surface area (Å²) in [5, 5.41) is 1.43. The van der Waals surface area contributed by atoms with Crippen LogP contribution in [0.1, 0.15) is 76.4 Å². The molecule has 1 heterocycles. The largest absolute Gasteiger partial charge is 0.135 e. The predicted molar refractivity (Wildman–Crippen MR) is 286 cm³/mol. The molecule has 9 aromatic carbocycles. The van der Waals surface area contributed by atoms with Gasteiger partial charge in [-0.05, 0) is 143 Å². The second-order valence-electron chi connectivity index (χ2n) is 19.0. The fourth-order valence-electron chi connectivity index (χ4n) is 11.0. The van der Waals surface area contributed by atoms with Crippen LogP contribution in [-0.2, 0) is 18.3 Å². The van der Waals surface area contributed by atoms with Crippen molar-refractivity contribution in [2.75, 3.05) is 0 Å². The fraction of sp³-hybridized carbons (Fsp3) is 0.121. The first-order valence-corrected chi connectivity index (χ1v) is 24.8. The lowest BCUT2D eigenvalue weighted by atomic mass is 9.79. The molecule has 2 aliphatic rings. The summed E-state index contributed by atoms with van der Waals surface area (Å²) >= 11 is 1.94. The first kappa shape index (κ1) is 41.1. The molecule has 0 aliphatic heterocycles. The maximum Gasteiger partial charge on any atom is 0.0390 e. The molecule has 0 saturated heterocycles. The Bertz CT molecular complexity index is 3420. The first-order valence-electron chi connectivity index (χ1n) is 24.0. The van der Waals surface area contributed by atoms with Crippen molar-refractivity contribution in [2.24, 2.45) is 0 Å². The van der Waals surface area contributed by atoms with Gasteiger partial charge in [0.2, 0.25) is 0 Å². The number of allylic oxidation sites excluding steroid dienone is 1. The molecule has 10 aromatic rings. The van der Waals surface area contributed by atoms with Gasteiger partial charge in [-0.1, -0.05) is 226 Å². The molecule has 0 N–H and O–H groups in total. The SMILES string of the molecule is CC1(C)c2cc(-c3ccccc3)ccc2-c2ccc(C(CCc3ccc(-c4ccc(C5=CCCc6c5sc5ccccc65)cc4)cc3)c3ccc(-c4ccc(-c5ccccc5)cc4)cc3)cc21. The normalized spacial score (nSPS) is 14.0. The Balaban J connectivity index is 0.819. The zero-order chi connectivity index (χ0) is 44.9. The van der Waals surface area contributed by atoms with Crippen LogP contribution in [0.15, 0.2) is 224 Å². The Hall–Kier alpha value is -7.32. The number of benzene rings is 9. The van der Waals surface area contributed by atoms with Crippen LogP contribution >= 0.6 is 11.3 Å². The molecule has 12 rings (SSSR count). The van der Waals surface area contributed by atoms with E-state index in [1.54, 1.807) is 0 Å². The fourth-order valence-corrected chi connectivity index (χ4v) is 12.3. The third-order valence-electron chi connectivity index (χ3n) is 14.7. The van der Waals surface area contributed by atoms with E-state index >= 15 is 0 Å². The summed E-state index contributed by atoms with van der Waals surface area (Å²) in [4.78, 5) is 1.44. The van der Waals surface area contributed by atoms with Gasteiger partial charge in [-0.15, -0.1) is 11.3 Å². The predicted octanol–water partition coefficient (Wildman–Crippen LogP) is 18.0. The highest BCUT2D eigenvalue weighted by Crippen LogP contribution is 2.51. The Kier molecular flexibility index (Phi) is 10.5. The average molecular weight is 877 g/mol. The molecule has 0 nitrogen and oxygen atoms in total. The summed E-state index contributed by atoms with van der Waals surface area (Å²) in [6, 6.07) is 81.7. The summed E-state index contributed by atoms with van der Waals surface area (Å²) in [7, 11) is 0. The maximum atomic E-state index is 2.54. The Morgan fingerprint density at radius 2 is 0.925 bits per heavy atom. The van der Waals surface area contributed by atoms with E-state index in [-0.39, 0.29) is 11.3 Å². The van der Waals surface area contributed by atoms with Crippen molar-refractivity contribution in [3.05, 3.63) is 268 Å². The van der Waals surface area contributed by atoms with Crippen molar-refractivity contribution < 1.29 is 0 Å². The van der Waals surface area contributed by atoms with Crippen molar-refractivity contribution in [2.45, 2.75) is 50.9 Å². The lowest BCUT2D eigenvalue weighted by Gasteiger charge is -2.25. The van der Waals surface area contributed by atoms with E-state index < -0.39 is 0 Å². The summed E-state index contributed by atoms with van der Waals surface area (Å²) in [6.07, 6.45) is 6.66. The van der Waals surface area contributed by atoms with Gasteiger partial charge < -0.3 is 0 Å². The number of rotatable bonds is 10. The lowest BCUT2D eigenvalue weighted by molar-refractivity contribution is 0.654. The number of aryl methyl sites for hydroxylation is 2. The summed E-state index contributed by atoms with van der Waals surface area (Å²) in [5.74, 6) is 0.238.